The highest BCUT2D eigenvalue weighted by molar-refractivity contribution is 7.89. The highest BCUT2D eigenvalue weighted by atomic mass is 32.2. The molecule has 134 valence electrons. The number of benzene rings is 1. The van der Waals surface area contributed by atoms with Gasteiger partial charge in [-0.05, 0) is 44.3 Å². The van der Waals surface area contributed by atoms with Gasteiger partial charge in [-0.1, -0.05) is 6.07 Å². The first-order valence-corrected chi connectivity index (χ1v) is 8.85. The van der Waals surface area contributed by atoms with Gasteiger partial charge in [-0.25, -0.2) is 17.9 Å². The van der Waals surface area contributed by atoms with Crippen molar-refractivity contribution in [3.8, 4) is 0 Å². The Labute approximate surface area is 145 Å². The molecule has 2 N–H and O–H groups in total. The molecule has 1 atom stereocenters. The summed E-state index contributed by atoms with van der Waals surface area (Å²) in [5.41, 5.74) is 0.0307. The van der Waals surface area contributed by atoms with Crippen LogP contribution in [0.1, 0.15) is 29.1 Å². The first kappa shape index (κ1) is 18.7. The second kappa shape index (κ2) is 7.95. The number of hydrogen-bond acceptors (Lipinski definition) is 6. The summed E-state index contributed by atoms with van der Waals surface area (Å²) in [5.74, 6) is -0.727. The van der Waals surface area contributed by atoms with E-state index >= 15 is 0 Å². The molecule has 1 amide bonds. The Hall–Kier alpha value is -2.65. The van der Waals surface area contributed by atoms with Gasteiger partial charge in [0.1, 0.15) is 5.76 Å². The van der Waals surface area contributed by atoms with Gasteiger partial charge in [-0.3, -0.25) is 4.79 Å². The molecular weight excluding hydrogens is 348 g/mol. The largest absolute Gasteiger partial charge is 0.467 e. The van der Waals surface area contributed by atoms with Crippen LogP contribution < -0.4 is 10.0 Å². The Kier molecular flexibility index (Phi) is 5.94. The van der Waals surface area contributed by atoms with Gasteiger partial charge in [0.15, 0.2) is 6.61 Å². The summed E-state index contributed by atoms with van der Waals surface area (Å²) in [6.07, 6.45) is 1.49. The van der Waals surface area contributed by atoms with Crippen LogP contribution in [-0.4, -0.2) is 33.9 Å². The van der Waals surface area contributed by atoms with E-state index in [0.29, 0.717) is 5.76 Å². The zero-order valence-electron chi connectivity index (χ0n) is 13.7. The molecule has 25 heavy (non-hydrogen) atoms. The normalized spacial score (nSPS) is 12.4. The maximum Gasteiger partial charge on any atom is 0.338 e. The van der Waals surface area contributed by atoms with E-state index in [4.69, 9.17) is 9.15 Å². The summed E-state index contributed by atoms with van der Waals surface area (Å²) in [6, 6.07) is 8.39. The van der Waals surface area contributed by atoms with Crippen LogP contribution in [0.2, 0.25) is 0 Å². The minimum atomic E-state index is -3.67. The number of nitrogens with one attached hydrogen (secondary N) is 2. The van der Waals surface area contributed by atoms with E-state index in [1.54, 1.807) is 19.1 Å². The predicted molar refractivity (Wildman–Crippen MR) is 88.2 cm³/mol. The van der Waals surface area contributed by atoms with Crippen LogP contribution in [0.3, 0.4) is 0 Å². The van der Waals surface area contributed by atoms with Crippen molar-refractivity contribution >= 4 is 21.9 Å². The summed E-state index contributed by atoms with van der Waals surface area (Å²) < 4.78 is 35.7. The van der Waals surface area contributed by atoms with Crippen LogP contribution in [0.15, 0.2) is 52.0 Å². The molecule has 2 aromatic rings. The van der Waals surface area contributed by atoms with Crippen molar-refractivity contribution in [1.29, 1.82) is 0 Å². The van der Waals surface area contributed by atoms with Crippen LogP contribution >= 0.6 is 0 Å². The Morgan fingerprint density at radius 2 is 2.00 bits per heavy atom. The molecule has 0 aliphatic heterocycles. The molecule has 9 heteroatoms. The second-order valence-electron chi connectivity index (χ2n) is 5.12. The highest BCUT2D eigenvalue weighted by Gasteiger charge is 2.17. The zero-order chi connectivity index (χ0) is 18.4. The fraction of sp³-hybridized carbons (Fsp3) is 0.250. The minimum Gasteiger partial charge on any atom is -0.467 e. The number of rotatable bonds is 7. The molecule has 1 aromatic heterocycles. The van der Waals surface area contributed by atoms with Crippen molar-refractivity contribution in [3.05, 3.63) is 54.0 Å². The van der Waals surface area contributed by atoms with Crippen LogP contribution in [-0.2, 0) is 19.6 Å². The van der Waals surface area contributed by atoms with E-state index in [0.717, 1.165) is 0 Å². The summed E-state index contributed by atoms with van der Waals surface area (Å²) >= 11 is 0. The van der Waals surface area contributed by atoms with Crippen LogP contribution in [0.4, 0.5) is 0 Å². The van der Waals surface area contributed by atoms with Crippen molar-refractivity contribution in [3.63, 3.8) is 0 Å². The number of carbonyl (C=O) groups is 2. The predicted octanol–water partition coefficient (Wildman–Crippen LogP) is 1.22. The van der Waals surface area contributed by atoms with Gasteiger partial charge in [0.2, 0.25) is 10.0 Å². The molecule has 0 bridgehead atoms. The van der Waals surface area contributed by atoms with E-state index < -0.39 is 28.5 Å². The molecule has 8 nitrogen and oxygen atoms in total. The molecule has 0 spiro atoms. The monoisotopic (exact) mass is 366 g/mol. The fourth-order valence-electron chi connectivity index (χ4n) is 2.01. The maximum absolute atomic E-state index is 12.0. The lowest BCUT2D eigenvalue weighted by Crippen LogP contribution is -2.31. The number of esters is 1. The SMILES string of the molecule is CNS(=O)(=O)c1cccc(C(=O)OCC(=O)N[C@H](C)c2ccco2)c1. The van der Waals surface area contributed by atoms with Gasteiger partial charge in [-0.2, -0.15) is 0 Å². The Morgan fingerprint density at radius 1 is 1.24 bits per heavy atom. The molecule has 0 aliphatic carbocycles. The molecule has 0 unspecified atom stereocenters. The first-order chi connectivity index (χ1) is 11.8. The molecule has 0 saturated heterocycles. The first-order valence-electron chi connectivity index (χ1n) is 7.37. The third kappa shape index (κ3) is 4.91. The van der Waals surface area contributed by atoms with E-state index in [9.17, 15) is 18.0 Å². The molecule has 0 radical (unpaired) electrons. The number of furan rings is 1. The van der Waals surface area contributed by atoms with E-state index in [1.807, 2.05) is 0 Å². The average molecular weight is 366 g/mol. The molecule has 0 fully saturated rings. The summed E-state index contributed by atoms with van der Waals surface area (Å²) in [5, 5.41) is 2.62. The molecule has 0 saturated carbocycles. The standard InChI is InChI=1S/C16H18N2O6S/c1-11(14-7-4-8-23-14)18-15(19)10-24-16(20)12-5-3-6-13(9-12)25(21,22)17-2/h3-9,11,17H,10H2,1-2H3,(H,18,19)/t11-/m1/s1. The summed E-state index contributed by atoms with van der Waals surface area (Å²) in [6.45, 7) is 1.23. The van der Waals surface area contributed by atoms with Crippen molar-refractivity contribution in [2.45, 2.75) is 17.9 Å². The van der Waals surface area contributed by atoms with Gasteiger partial charge in [-0.15, -0.1) is 0 Å². The summed E-state index contributed by atoms with van der Waals surface area (Å²) in [7, 11) is -2.41. The lowest BCUT2D eigenvalue weighted by molar-refractivity contribution is -0.125. The molecule has 1 heterocycles. The van der Waals surface area contributed by atoms with Gasteiger partial charge in [0.05, 0.1) is 22.8 Å². The molecular formula is C16H18N2O6S. The second-order valence-corrected chi connectivity index (χ2v) is 7.00. The highest BCUT2D eigenvalue weighted by Crippen LogP contribution is 2.13. The zero-order valence-corrected chi connectivity index (χ0v) is 14.5. The van der Waals surface area contributed by atoms with Gasteiger partial charge in [0.25, 0.3) is 5.91 Å². The van der Waals surface area contributed by atoms with E-state index in [1.165, 1.54) is 37.6 Å². The molecule has 1 aromatic carbocycles. The number of carbonyl (C=O) groups excluding carboxylic acids is 2. The van der Waals surface area contributed by atoms with Crippen LogP contribution in [0.5, 0.6) is 0 Å². The average Bonchev–Trinajstić information content (AvgIpc) is 3.14. The number of sulfonamides is 1. The summed E-state index contributed by atoms with van der Waals surface area (Å²) in [4.78, 5) is 23.7. The Balaban J connectivity index is 1.94. The third-order valence-electron chi connectivity index (χ3n) is 3.33. The van der Waals surface area contributed by atoms with Gasteiger partial charge < -0.3 is 14.5 Å². The third-order valence-corrected chi connectivity index (χ3v) is 4.74. The van der Waals surface area contributed by atoms with Crippen LogP contribution in [0, 0.1) is 0 Å². The number of amides is 1. The molecule has 2 rings (SSSR count). The van der Waals surface area contributed by atoms with Crippen LogP contribution in [0.25, 0.3) is 0 Å². The fourth-order valence-corrected chi connectivity index (χ4v) is 2.79. The Morgan fingerprint density at radius 3 is 2.64 bits per heavy atom. The Bertz CT molecular complexity index is 845. The minimum absolute atomic E-state index is 0.0307. The van der Waals surface area contributed by atoms with Gasteiger partial charge in [0, 0.05) is 0 Å². The number of hydrogen-bond donors (Lipinski definition) is 2. The van der Waals surface area contributed by atoms with Crippen molar-refractivity contribution < 1.29 is 27.2 Å². The topological polar surface area (TPSA) is 115 Å². The lowest BCUT2D eigenvalue weighted by atomic mass is 10.2. The molecule has 0 aliphatic rings. The van der Waals surface area contributed by atoms with Crippen molar-refractivity contribution in [2.24, 2.45) is 0 Å². The van der Waals surface area contributed by atoms with Crippen molar-refractivity contribution in [1.82, 2.24) is 10.0 Å². The quantitative estimate of drug-likeness (QED) is 0.712. The smallest absolute Gasteiger partial charge is 0.338 e. The number of ether oxygens (including phenoxy) is 1. The van der Waals surface area contributed by atoms with E-state index in [-0.39, 0.29) is 16.5 Å². The van der Waals surface area contributed by atoms with Crippen molar-refractivity contribution in [2.75, 3.05) is 13.7 Å². The maximum atomic E-state index is 12.0. The van der Waals surface area contributed by atoms with Gasteiger partial charge >= 0.3 is 5.97 Å². The van der Waals surface area contributed by atoms with E-state index in [2.05, 4.69) is 10.0 Å². The lowest BCUT2D eigenvalue weighted by Gasteiger charge is -2.11.